The fourth-order valence-electron chi connectivity index (χ4n) is 2.12. The molecule has 25 heavy (non-hydrogen) atoms. The highest BCUT2D eigenvalue weighted by atomic mass is 32.1. The highest BCUT2D eigenvalue weighted by Crippen LogP contribution is 2.25. The van der Waals surface area contributed by atoms with E-state index in [9.17, 15) is 9.59 Å². The molecule has 3 rings (SSSR count). The summed E-state index contributed by atoms with van der Waals surface area (Å²) >= 11 is 2.63. The summed E-state index contributed by atoms with van der Waals surface area (Å²) in [6, 6.07) is 9.84. The van der Waals surface area contributed by atoms with Crippen LogP contribution < -0.4 is 5.32 Å². The van der Waals surface area contributed by atoms with E-state index in [-0.39, 0.29) is 6.61 Å². The molecule has 1 N–H and O–H groups in total. The van der Waals surface area contributed by atoms with Gasteiger partial charge in [0.25, 0.3) is 5.91 Å². The molecule has 128 valence electrons. The second-order valence-electron chi connectivity index (χ2n) is 5.46. The van der Waals surface area contributed by atoms with Gasteiger partial charge in [-0.15, -0.1) is 22.7 Å². The molecule has 0 radical (unpaired) electrons. The van der Waals surface area contributed by atoms with E-state index in [1.54, 1.807) is 0 Å². The van der Waals surface area contributed by atoms with Crippen LogP contribution in [0.25, 0.3) is 11.3 Å². The van der Waals surface area contributed by atoms with Crippen molar-refractivity contribution in [1.29, 1.82) is 0 Å². The number of carbonyl (C=O) groups excluding carboxylic acids is 2. The van der Waals surface area contributed by atoms with Crippen LogP contribution in [0, 0.1) is 13.8 Å². The molecule has 0 aliphatic rings. The lowest BCUT2D eigenvalue weighted by Crippen LogP contribution is -2.20. The first-order valence-electron chi connectivity index (χ1n) is 7.56. The molecule has 0 saturated heterocycles. The minimum atomic E-state index is -0.484. The highest BCUT2D eigenvalue weighted by molar-refractivity contribution is 7.14. The fourth-order valence-corrected chi connectivity index (χ4v) is 3.68. The van der Waals surface area contributed by atoms with Gasteiger partial charge in [-0.1, -0.05) is 29.8 Å². The van der Waals surface area contributed by atoms with E-state index in [0.29, 0.717) is 10.0 Å². The van der Waals surface area contributed by atoms with Crippen LogP contribution in [0.4, 0.5) is 5.13 Å². The fraction of sp³-hybridized carbons (Fsp3) is 0.167. The molecule has 3 aromatic rings. The van der Waals surface area contributed by atoms with Gasteiger partial charge >= 0.3 is 5.97 Å². The first-order valence-corrected chi connectivity index (χ1v) is 9.32. The van der Waals surface area contributed by atoms with Crippen LogP contribution >= 0.6 is 22.7 Å². The quantitative estimate of drug-likeness (QED) is 0.679. The number of hydrogen-bond donors (Lipinski definition) is 1. The number of esters is 1. The van der Waals surface area contributed by atoms with Gasteiger partial charge < -0.3 is 4.74 Å². The average molecular weight is 372 g/mol. The first-order chi connectivity index (χ1) is 12.0. The van der Waals surface area contributed by atoms with Crippen LogP contribution in [0.1, 0.15) is 20.8 Å². The lowest BCUT2D eigenvalue weighted by atomic mass is 10.1. The lowest BCUT2D eigenvalue weighted by Gasteiger charge is -2.04. The molecule has 0 atom stereocenters. The zero-order valence-corrected chi connectivity index (χ0v) is 15.4. The number of anilines is 1. The molecule has 1 amide bonds. The number of aryl methyl sites for hydroxylation is 2. The third kappa shape index (κ3) is 4.32. The number of hydrogen-bond acceptors (Lipinski definition) is 6. The van der Waals surface area contributed by atoms with Crippen molar-refractivity contribution in [2.45, 2.75) is 13.8 Å². The standard InChI is InChI=1S/C18H16N2O3S2/c1-11-3-5-13(6-4-11)14-10-25-18(19-14)20-15(21)9-23-17(22)16-12(2)7-8-24-16/h3-8,10H,9H2,1-2H3,(H,19,20,21). The zero-order chi connectivity index (χ0) is 17.8. The largest absolute Gasteiger partial charge is 0.451 e. The van der Waals surface area contributed by atoms with Crippen molar-refractivity contribution in [1.82, 2.24) is 4.98 Å². The molecule has 0 unspecified atom stereocenters. The summed E-state index contributed by atoms with van der Waals surface area (Å²) in [5, 5.41) is 6.82. The van der Waals surface area contributed by atoms with Gasteiger partial charge in [-0.2, -0.15) is 0 Å². The molecular weight excluding hydrogens is 356 g/mol. The van der Waals surface area contributed by atoms with E-state index < -0.39 is 11.9 Å². The number of carbonyl (C=O) groups is 2. The number of thiophene rings is 1. The van der Waals surface area contributed by atoms with E-state index in [1.807, 2.05) is 54.9 Å². The second kappa shape index (κ2) is 7.58. The van der Waals surface area contributed by atoms with Gasteiger partial charge in [-0.25, -0.2) is 9.78 Å². The van der Waals surface area contributed by atoms with Gasteiger partial charge in [0.05, 0.1) is 5.69 Å². The van der Waals surface area contributed by atoms with Crippen LogP contribution in [0.2, 0.25) is 0 Å². The van der Waals surface area contributed by atoms with Crippen molar-refractivity contribution in [3.8, 4) is 11.3 Å². The SMILES string of the molecule is Cc1ccc(-c2csc(NC(=O)COC(=O)c3sccc3C)n2)cc1. The summed E-state index contributed by atoms with van der Waals surface area (Å²) in [4.78, 5) is 28.7. The van der Waals surface area contributed by atoms with Crippen molar-refractivity contribution in [3.63, 3.8) is 0 Å². The topological polar surface area (TPSA) is 68.3 Å². The van der Waals surface area contributed by atoms with E-state index in [4.69, 9.17) is 4.74 Å². The summed E-state index contributed by atoms with van der Waals surface area (Å²) < 4.78 is 5.04. The monoisotopic (exact) mass is 372 g/mol. The summed E-state index contributed by atoms with van der Waals surface area (Å²) in [6.07, 6.45) is 0. The van der Waals surface area contributed by atoms with Crippen LogP contribution in [-0.4, -0.2) is 23.5 Å². The Labute approximate surface area is 153 Å². The normalized spacial score (nSPS) is 10.5. The Bertz CT molecular complexity index is 897. The minimum absolute atomic E-state index is 0.338. The van der Waals surface area contributed by atoms with Gasteiger partial charge in [0.1, 0.15) is 4.88 Å². The van der Waals surface area contributed by atoms with E-state index >= 15 is 0 Å². The van der Waals surface area contributed by atoms with Crippen LogP contribution in [0.3, 0.4) is 0 Å². The molecule has 0 saturated carbocycles. The number of thiazole rings is 1. The third-order valence-electron chi connectivity index (χ3n) is 3.48. The Morgan fingerprint density at radius 1 is 1.12 bits per heavy atom. The third-order valence-corrected chi connectivity index (χ3v) is 5.23. The first kappa shape index (κ1) is 17.3. The molecule has 2 heterocycles. The lowest BCUT2D eigenvalue weighted by molar-refractivity contribution is -0.119. The predicted octanol–water partition coefficient (Wildman–Crippen LogP) is 4.28. The molecule has 2 aromatic heterocycles. The summed E-state index contributed by atoms with van der Waals surface area (Å²) in [5.41, 5.74) is 3.81. The Hall–Kier alpha value is -2.51. The predicted molar refractivity (Wildman–Crippen MR) is 100 cm³/mol. The molecule has 7 heteroatoms. The van der Waals surface area contributed by atoms with Crippen molar-refractivity contribution < 1.29 is 14.3 Å². The number of aromatic nitrogens is 1. The molecule has 0 spiro atoms. The van der Waals surface area contributed by atoms with Crippen molar-refractivity contribution in [2.24, 2.45) is 0 Å². The van der Waals surface area contributed by atoms with Gasteiger partial charge in [-0.05, 0) is 30.9 Å². The zero-order valence-electron chi connectivity index (χ0n) is 13.7. The number of nitrogens with zero attached hydrogens (tertiary/aromatic N) is 1. The molecule has 1 aromatic carbocycles. The van der Waals surface area contributed by atoms with Crippen molar-refractivity contribution in [3.05, 3.63) is 57.1 Å². The van der Waals surface area contributed by atoms with Gasteiger partial charge in [-0.3, -0.25) is 10.1 Å². The number of amides is 1. The molecule has 0 bridgehead atoms. The van der Waals surface area contributed by atoms with Gasteiger partial charge in [0.2, 0.25) is 0 Å². The number of rotatable bonds is 5. The van der Waals surface area contributed by atoms with Crippen LogP contribution in [0.15, 0.2) is 41.1 Å². The maximum Gasteiger partial charge on any atom is 0.349 e. The summed E-state index contributed by atoms with van der Waals surface area (Å²) in [6.45, 7) is 3.51. The van der Waals surface area contributed by atoms with Crippen LogP contribution in [-0.2, 0) is 9.53 Å². The molecular formula is C18H16N2O3S2. The van der Waals surface area contributed by atoms with Gasteiger partial charge in [0, 0.05) is 10.9 Å². The summed E-state index contributed by atoms with van der Waals surface area (Å²) in [7, 11) is 0. The number of ether oxygens (including phenoxy) is 1. The Balaban J connectivity index is 1.56. The molecule has 0 aliphatic carbocycles. The van der Waals surface area contributed by atoms with Crippen molar-refractivity contribution >= 4 is 39.7 Å². The Kier molecular flexibility index (Phi) is 5.25. The van der Waals surface area contributed by atoms with E-state index in [1.165, 1.54) is 28.2 Å². The Morgan fingerprint density at radius 2 is 1.88 bits per heavy atom. The van der Waals surface area contributed by atoms with Crippen molar-refractivity contribution in [2.75, 3.05) is 11.9 Å². The van der Waals surface area contributed by atoms with Gasteiger partial charge in [0.15, 0.2) is 11.7 Å². The smallest absolute Gasteiger partial charge is 0.349 e. The number of nitrogens with one attached hydrogen (secondary N) is 1. The van der Waals surface area contributed by atoms with E-state index in [2.05, 4.69) is 10.3 Å². The average Bonchev–Trinajstić information content (AvgIpc) is 3.22. The maximum atomic E-state index is 11.9. The minimum Gasteiger partial charge on any atom is -0.451 e. The molecule has 5 nitrogen and oxygen atoms in total. The molecule has 0 aliphatic heterocycles. The Morgan fingerprint density at radius 3 is 2.56 bits per heavy atom. The summed E-state index contributed by atoms with van der Waals surface area (Å²) in [5.74, 6) is -0.894. The number of benzene rings is 1. The van der Waals surface area contributed by atoms with E-state index in [0.717, 1.165) is 16.8 Å². The highest BCUT2D eigenvalue weighted by Gasteiger charge is 2.15. The maximum absolute atomic E-state index is 11.9. The second-order valence-corrected chi connectivity index (χ2v) is 7.24. The molecule has 0 fully saturated rings. The van der Waals surface area contributed by atoms with Crippen LogP contribution in [0.5, 0.6) is 0 Å².